The van der Waals surface area contributed by atoms with Gasteiger partial charge in [-0.2, -0.15) is 4.31 Å². The molecule has 1 fully saturated rings. The summed E-state index contributed by atoms with van der Waals surface area (Å²) in [6.07, 6.45) is 0. The fourth-order valence-electron chi connectivity index (χ4n) is 2.40. The molecule has 2 aromatic heterocycles. The first-order chi connectivity index (χ1) is 10.1. The van der Waals surface area contributed by atoms with E-state index < -0.39 is 10.0 Å². The van der Waals surface area contributed by atoms with Crippen molar-refractivity contribution >= 4 is 27.2 Å². The molecule has 1 aliphatic heterocycles. The number of hydrogen-bond donors (Lipinski definition) is 0. The Morgan fingerprint density at radius 1 is 1.10 bits per heavy atom. The number of sulfonamides is 1. The number of hydrogen-bond acceptors (Lipinski definition) is 5. The van der Waals surface area contributed by atoms with Gasteiger partial charge < -0.3 is 4.90 Å². The largest absolute Gasteiger partial charge is 0.354 e. The molecule has 2 aromatic rings. The number of piperazine rings is 1. The van der Waals surface area contributed by atoms with Gasteiger partial charge in [0.05, 0.1) is 0 Å². The summed E-state index contributed by atoms with van der Waals surface area (Å²) in [6.45, 7) is 4.29. The van der Waals surface area contributed by atoms with Crippen molar-refractivity contribution in [3.8, 4) is 0 Å². The molecule has 0 bridgehead atoms. The highest BCUT2D eigenvalue weighted by molar-refractivity contribution is 7.91. The Labute approximate surface area is 128 Å². The molecule has 3 heterocycles. The number of nitrogens with zero attached hydrogens (tertiary/aromatic N) is 3. The molecule has 0 atom stereocenters. The molecule has 0 spiro atoms. The van der Waals surface area contributed by atoms with Crippen LogP contribution in [0.2, 0.25) is 0 Å². The average Bonchev–Trinajstić information content (AvgIpc) is 3.02. The maximum Gasteiger partial charge on any atom is 0.252 e. The summed E-state index contributed by atoms with van der Waals surface area (Å²) in [5.41, 5.74) is 0.973. The van der Waals surface area contributed by atoms with Gasteiger partial charge in [-0.25, -0.2) is 13.4 Å². The molecule has 5 nitrogen and oxygen atoms in total. The van der Waals surface area contributed by atoms with Crippen molar-refractivity contribution in [1.29, 1.82) is 0 Å². The lowest BCUT2D eigenvalue weighted by Gasteiger charge is -2.34. The Hall–Kier alpha value is -1.44. The van der Waals surface area contributed by atoms with E-state index in [-0.39, 0.29) is 0 Å². The van der Waals surface area contributed by atoms with Gasteiger partial charge >= 0.3 is 0 Å². The Balaban J connectivity index is 1.71. The average molecular weight is 323 g/mol. The molecule has 0 aliphatic carbocycles. The van der Waals surface area contributed by atoms with Crippen LogP contribution in [0.4, 0.5) is 5.82 Å². The molecular formula is C14H17N3O2S2. The third-order valence-electron chi connectivity index (χ3n) is 3.53. The van der Waals surface area contributed by atoms with E-state index in [0.29, 0.717) is 30.4 Å². The summed E-state index contributed by atoms with van der Waals surface area (Å²) in [5.74, 6) is 0.920. The third kappa shape index (κ3) is 2.95. The maximum atomic E-state index is 12.4. The molecule has 21 heavy (non-hydrogen) atoms. The first kappa shape index (κ1) is 14.5. The Bertz CT molecular complexity index is 706. The van der Waals surface area contributed by atoms with Crippen LogP contribution in [0, 0.1) is 6.92 Å². The SMILES string of the molecule is Cc1cccc(N2CCN(S(=O)(=O)c3cccs3)CC2)n1. The molecular weight excluding hydrogens is 306 g/mol. The van der Waals surface area contributed by atoms with Crippen molar-refractivity contribution in [3.63, 3.8) is 0 Å². The molecule has 1 saturated heterocycles. The molecule has 0 amide bonds. The fourth-order valence-corrected chi connectivity index (χ4v) is 4.97. The molecule has 3 rings (SSSR count). The fraction of sp³-hybridized carbons (Fsp3) is 0.357. The second-order valence-corrected chi connectivity index (χ2v) is 8.07. The molecule has 0 N–H and O–H groups in total. The van der Waals surface area contributed by atoms with Crippen molar-refractivity contribution in [2.75, 3.05) is 31.1 Å². The Kier molecular flexibility index (Phi) is 3.97. The first-order valence-corrected chi connectivity index (χ1v) is 9.11. The van der Waals surface area contributed by atoms with Crippen molar-refractivity contribution in [2.45, 2.75) is 11.1 Å². The smallest absolute Gasteiger partial charge is 0.252 e. The summed E-state index contributed by atoms with van der Waals surface area (Å²) in [7, 11) is -3.33. The van der Waals surface area contributed by atoms with E-state index in [0.717, 1.165) is 11.5 Å². The molecule has 1 aliphatic rings. The molecule has 0 aromatic carbocycles. The van der Waals surface area contributed by atoms with Gasteiger partial charge in [-0.15, -0.1) is 11.3 Å². The Morgan fingerprint density at radius 3 is 2.48 bits per heavy atom. The number of aromatic nitrogens is 1. The van der Waals surface area contributed by atoms with Crippen LogP contribution >= 0.6 is 11.3 Å². The minimum absolute atomic E-state index is 0.421. The number of aryl methyl sites for hydroxylation is 1. The van der Waals surface area contributed by atoms with Crippen LogP contribution in [-0.2, 0) is 10.0 Å². The lowest BCUT2D eigenvalue weighted by atomic mass is 10.3. The highest BCUT2D eigenvalue weighted by Crippen LogP contribution is 2.23. The topological polar surface area (TPSA) is 53.5 Å². The molecule has 0 radical (unpaired) electrons. The summed E-state index contributed by atoms with van der Waals surface area (Å²) in [4.78, 5) is 6.63. The summed E-state index contributed by atoms with van der Waals surface area (Å²) in [5, 5.41) is 1.79. The van der Waals surface area contributed by atoms with Crippen LogP contribution < -0.4 is 4.90 Å². The predicted octanol–water partition coefficient (Wildman–Crippen LogP) is 1.96. The van der Waals surface area contributed by atoms with Gasteiger partial charge in [0.1, 0.15) is 10.0 Å². The zero-order valence-electron chi connectivity index (χ0n) is 11.8. The van der Waals surface area contributed by atoms with E-state index >= 15 is 0 Å². The number of pyridine rings is 1. The zero-order valence-corrected chi connectivity index (χ0v) is 13.4. The number of anilines is 1. The zero-order chi connectivity index (χ0) is 14.9. The van der Waals surface area contributed by atoms with Gasteiger partial charge in [-0.3, -0.25) is 0 Å². The number of thiophene rings is 1. The highest BCUT2D eigenvalue weighted by Gasteiger charge is 2.29. The lowest BCUT2D eigenvalue weighted by Crippen LogP contribution is -2.48. The normalized spacial score (nSPS) is 17.1. The minimum atomic E-state index is -3.33. The van der Waals surface area contributed by atoms with Gasteiger partial charge in [0.2, 0.25) is 0 Å². The lowest BCUT2D eigenvalue weighted by molar-refractivity contribution is 0.384. The van der Waals surface area contributed by atoms with E-state index in [1.807, 2.05) is 25.1 Å². The van der Waals surface area contributed by atoms with Crippen molar-refractivity contribution in [3.05, 3.63) is 41.4 Å². The Morgan fingerprint density at radius 2 is 1.86 bits per heavy atom. The van der Waals surface area contributed by atoms with Gasteiger partial charge in [0.15, 0.2) is 0 Å². The predicted molar refractivity (Wildman–Crippen MR) is 84.3 cm³/mol. The van der Waals surface area contributed by atoms with Crippen molar-refractivity contribution in [2.24, 2.45) is 0 Å². The van der Waals surface area contributed by atoms with Crippen LogP contribution in [0.25, 0.3) is 0 Å². The first-order valence-electron chi connectivity index (χ1n) is 6.79. The van der Waals surface area contributed by atoms with E-state index in [1.54, 1.807) is 21.8 Å². The van der Waals surface area contributed by atoms with Crippen molar-refractivity contribution in [1.82, 2.24) is 9.29 Å². The third-order valence-corrected chi connectivity index (χ3v) is 6.80. The second kappa shape index (κ2) is 5.75. The van der Waals surface area contributed by atoms with Gasteiger partial charge in [-0.05, 0) is 30.5 Å². The number of rotatable bonds is 3. The summed E-state index contributed by atoms with van der Waals surface area (Å²) >= 11 is 1.27. The van der Waals surface area contributed by atoms with Crippen LogP contribution in [-0.4, -0.2) is 43.9 Å². The minimum Gasteiger partial charge on any atom is -0.354 e. The van der Waals surface area contributed by atoms with Crippen molar-refractivity contribution < 1.29 is 8.42 Å². The van der Waals surface area contributed by atoms with Gasteiger partial charge in [-0.1, -0.05) is 12.1 Å². The monoisotopic (exact) mass is 323 g/mol. The van der Waals surface area contributed by atoms with E-state index in [9.17, 15) is 8.42 Å². The van der Waals surface area contributed by atoms with Crippen LogP contribution in [0.1, 0.15) is 5.69 Å². The molecule has 7 heteroatoms. The van der Waals surface area contributed by atoms with Crippen LogP contribution in [0.5, 0.6) is 0 Å². The standard InChI is InChI=1S/C14H17N3O2S2/c1-12-4-2-5-13(15-12)16-7-9-17(10-8-16)21(18,19)14-6-3-11-20-14/h2-6,11H,7-10H2,1H3. The second-order valence-electron chi connectivity index (χ2n) is 4.96. The summed E-state index contributed by atoms with van der Waals surface area (Å²) < 4.78 is 26.9. The van der Waals surface area contributed by atoms with E-state index in [4.69, 9.17) is 0 Å². The van der Waals surface area contributed by atoms with Crippen LogP contribution in [0.3, 0.4) is 0 Å². The van der Waals surface area contributed by atoms with Gasteiger partial charge in [0.25, 0.3) is 10.0 Å². The van der Waals surface area contributed by atoms with E-state index in [2.05, 4.69) is 9.88 Å². The van der Waals surface area contributed by atoms with E-state index in [1.165, 1.54) is 11.3 Å². The summed E-state index contributed by atoms with van der Waals surface area (Å²) in [6, 6.07) is 9.34. The van der Waals surface area contributed by atoms with Crippen LogP contribution in [0.15, 0.2) is 39.9 Å². The maximum absolute atomic E-state index is 12.4. The molecule has 0 saturated carbocycles. The molecule has 112 valence electrons. The quantitative estimate of drug-likeness (QED) is 0.866. The van der Waals surface area contributed by atoms with Gasteiger partial charge in [0, 0.05) is 31.9 Å². The molecule has 0 unspecified atom stereocenters. The highest BCUT2D eigenvalue weighted by atomic mass is 32.2.